The number of nitrogens with zero attached hydrogens (tertiary/aromatic N) is 1. The molecule has 1 heterocycles. The first-order chi connectivity index (χ1) is 12.5. The molecular weight excluding hydrogens is 354 g/mol. The monoisotopic (exact) mass is 371 g/mol. The van der Waals surface area contributed by atoms with Crippen LogP contribution in [0.1, 0.15) is 11.1 Å². The number of esters is 1. The summed E-state index contributed by atoms with van der Waals surface area (Å²) in [5.41, 5.74) is 2.14. The van der Waals surface area contributed by atoms with Gasteiger partial charge in [-0.2, -0.15) is 0 Å². The second-order valence-electron chi connectivity index (χ2n) is 5.95. The Hall–Kier alpha value is -2.79. The minimum absolute atomic E-state index is 0.130. The van der Waals surface area contributed by atoms with E-state index in [-0.39, 0.29) is 19.1 Å². The Labute approximate surface area is 156 Å². The molecule has 6 heteroatoms. The summed E-state index contributed by atoms with van der Waals surface area (Å²) in [7, 11) is 1.66. The SMILES string of the molecule is CN(Cc1ccc(Cl)cc1)C(=O)COC(=O)C1=Cc2ccccc2OC1. The van der Waals surface area contributed by atoms with Gasteiger partial charge in [0.25, 0.3) is 5.91 Å². The van der Waals surface area contributed by atoms with Crippen molar-refractivity contribution < 1.29 is 19.1 Å². The second kappa shape index (κ2) is 8.06. The average molecular weight is 372 g/mol. The predicted octanol–water partition coefficient (Wildman–Crippen LogP) is 3.32. The lowest BCUT2D eigenvalue weighted by Crippen LogP contribution is -2.31. The van der Waals surface area contributed by atoms with Gasteiger partial charge >= 0.3 is 5.97 Å². The number of para-hydroxylation sites is 1. The molecule has 5 nitrogen and oxygen atoms in total. The molecule has 134 valence electrons. The van der Waals surface area contributed by atoms with E-state index in [2.05, 4.69) is 0 Å². The number of fused-ring (bicyclic) bond motifs is 1. The third-order valence-electron chi connectivity index (χ3n) is 3.98. The molecule has 0 saturated heterocycles. The largest absolute Gasteiger partial charge is 0.488 e. The molecule has 0 atom stereocenters. The van der Waals surface area contributed by atoms with Crippen molar-refractivity contribution in [1.82, 2.24) is 4.90 Å². The normalized spacial score (nSPS) is 12.5. The molecule has 0 aliphatic carbocycles. The van der Waals surface area contributed by atoms with Crippen LogP contribution in [-0.2, 0) is 20.9 Å². The van der Waals surface area contributed by atoms with Gasteiger partial charge in [0.2, 0.25) is 0 Å². The molecular formula is C20H18ClNO4. The van der Waals surface area contributed by atoms with E-state index in [1.54, 1.807) is 25.3 Å². The van der Waals surface area contributed by atoms with Crippen molar-refractivity contribution in [3.05, 3.63) is 70.3 Å². The van der Waals surface area contributed by atoms with Crippen molar-refractivity contribution in [3.63, 3.8) is 0 Å². The van der Waals surface area contributed by atoms with Gasteiger partial charge in [-0.3, -0.25) is 4.79 Å². The number of halogens is 1. The molecule has 3 rings (SSSR count). The number of carbonyl (C=O) groups excluding carboxylic acids is 2. The van der Waals surface area contributed by atoms with Crippen molar-refractivity contribution >= 4 is 29.6 Å². The standard InChI is InChI=1S/C20H18ClNO4/c1-22(11-14-6-8-17(21)9-7-14)19(23)13-26-20(24)16-10-15-4-2-3-5-18(15)25-12-16/h2-10H,11-13H2,1H3. The molecule has 0 bridgehead atoms. The molecule has 1 amide bonds. The summed E-state index contributed by atoms with van der Waals surface area (Å²) in [4.78, 5) is 25.8. The maximum absolute atomic E-state index is 12.2. The van der Waals surface area contributed by atoms with Crippen LogP contribution in [-0.4, -0.2) is 37.0 Å². The van der Waals surface area contributed by atoms with Crippen LogP contribution in [0.4, 0.5) is 0 Å². The van der Waals surface area contributed by atoms with Crippen molar-refractivity contribution in [2.24, 2.45) is 0 Å². The zero-order valence-electron chi connectivity index (χ0n) is 14.3. The maximum atomic E-state index is 12.2. The van der Waals surface area contributed by atoms with Gasteiger partial charge in [0.1, 0.15) is 12.4 Å². The lowest BCUT2D eigenvalue weighted by atomic mass is 10.1. The van der Waals surface area contributed by atoms with Crippen LogP contribution in [0.5, 0.6) is 5.75 Å². The third kappa shape index (κ3) is 4.43. The van der Waals surface area contributed by atoms with Gasteiger partial charge < -0.3 is 14.4 Å². The average Bonchev–Trinajstić information content (AvgIpc) is 2.67. The zero-order chi connectivity index (χ0) is 18.5. The first kappa shape index (κ1) is 18.0. The summed E-state index contributed by atoms with van der Waals surface area (Å²) in [5, 5.41) is 0.640. The Kier molecular flexibility index (Phi) is 5.58. The van der Waals surface area contributed by atoms with Crippen LogP contribution in [0, 0.1) is 0 Å². The highest BCUT2D eigenvalue weighted by Gasteiger charge is 2.20. The number of hydrogen-bond acceptors (Lipinski definition) is 4. The quantitative estimate of drug-likeness (QED) is 0.756. The lowest BCUT2D eigenvalue weighted by molar-refractivity contribution is -0.148. The number of carbonyl (C=O) groups is 2. The summed E-state index contributed by atoms with van der Waals surface area (Å²) >= 11 is 5.85. The molecule has 0 radical (unpaired) electrons. The summed E-state index contributed by atoms with van der Waals surface area (Å²) in [6.45, 7) is 0.222. The van der Waals surface area contributed by atoms with Crippen molar-refractivity contribution in [1.29, 1.82) is 0 Å². The second-order valence-corrected chi connectivity index (χ2v) is 6.38. The fourth-order valence-corrected chi connectivity index (χ4v) is 2.64. The van der Waals surface area contributed by atoms with Crippen LogP contribution in [0.15, 0.2) is 54.1 Å². The number of amides is 1. The molecule has 1 aliphatic rings. The summed E-state index contributed by atoms with van der Waals surface area (Å²) in [5.74, 6) is -0.110. The molecule has 0 saturated carbocycles. The number of benzene rings is 2. The van der Waals surface area contributed by atoms with Gasteiger partial charge in [0, 0.05) is 24.2 Å². The molecule has 0 unspecified atom stereocenters. The van der Waals surface area contributed by atoms with E-state index in [9.17, 15) is 9.59 Å². The first-order valence-corrected chi connectivity index (χ1v) is 8.48. The highest BCUT2D eigenvalue weighted by atomic mass is 35.5. The van der Waals surface area contributed by atoms with Gasteiger partial charge in [-0.15, -0.1) is 0 Å². The van der Waals surface area contributed by atoms with E-state index >= 15 is 0 Å². The smallest absolute Gasteiger partial charge is 0.338 e. The van der Waals surface area contributed by atoms with E-state index in [0.29, 0.717) is 17.1 Å². The molecule has 2 aromatic carbocycles. The Morgan fingerprint density at radius 2 is 1.88 bits per heavy atom. The Morgan fingerprint density at radius 3 is 2.65 bits per heavy atom. The van der Waals surface area contributed by atoms with Crippen molar-refractivity contribution in [3.8, 4) is 5.75 Å². The Balaban J connectivity index is 1.53. The third-order valence-corrected chi connectivity index (χ3v) is 4.23. The number of rotatable bonds is 5. The molecule has 26 heavy (non-hydrogen) atoms. The fourth-order valence-electron chi connectivity index (χ4n) is 2.52. The first-order valence-electron chi connectivity index (χ1n) is 8.11. The van der Waals surface area contributed by atoms with Gasteiger partial charge in [0.15, 0.2) is 6.61 Å². The zero-order valence-corrected chi connectivity index (χ0v) is 15.0. The van der Waals surface area contributed by atoms with Crippen LogP contribution >= 0.6 is 11.6 Å². The van der Waals surface area contributed by atoms with E-state index in [4.69, 9.17) is 21.1 Å². The highest BCUT2D eigenvalue weighted by Crippen LogP contribution is 2.26. The maximum Gasteiger partial charge on any atom is 0.338 e. The molecule has 0 N–H and O–H groups in total. The van der Waals surface area contributed by atoms with Gasteiger partial charge in [-0.1, -0.05) is 41.9 Å². The van der Waals surface area contributed by atoms with Gasteiger partial charge in [-0.25, -0.2) is 4.79 Å². The molecule has 0 spiro atoms. The molecule has 0 fully saturated rings. The number of ether oxygens (including phenoxy) is 2. The van der Waals surface area contributed by atoms with Crippen molar-refractivity contribution in [2.75, 3.05) is 20.3 Å². The van der Waals surface area contributed by atoms with Crippen LogP contribution in [0.25, 0.3) is 6.08 Å². The Bertz CT molecular complexity index is 845. The van der Waals surface area contributed by atoms with Crippen molar-refractivity contribution in [2.45, 2.75) is 6.54 Å². The fraction of sp³-hybridized carbons (Fsp3) is 0.200. The van der Waals surface area contributed by atoms with E-state index in [1.165, 1.54) is 4.90 Å². The summed E-state index contributed by atoms with van der Waals surface area (Å²) in [6.07, 6.45) is 1.73. The van der Waals surface area contributed by atoms with E-state index < -0.39 is 5.97 Å². The minimum Gasteiger partial charge on any atom is -0.488 e. The summed E-state index contributed by atoms with van der Waals surface area (Å²) < 4.78 is 10.7. The van der Waals surface area contributed by atoms with Crippen LogP contribution < -0.4 is 4.74 Å². The van der Waals surface area contributed by atoms with Gasteiger partial charge in [0.05, 0.1) is 5.57 Å². The van der Waals surface area contributed by atoms with E-state index in [0.717, 1.165) is 16.9 Å². The number of likely N-dealkylation sites (N-methyl/N-ethyl adjacent to an activating group) is 1. The lowest BCUT2D eigenvalue weighted by Gasteiger charge is -2.19. The molecule has 2 aromatic rings. The molecule has 0 aromatic heterocycles. The predicted molar refractivity (Wildman–Crippen MR) is 98.8 cm³/mol. The Morgan fingerprint density at radius 1 is 1.15 bits per heavy atom. The molecule has 1 aliphatic heterocycles. The van der Waals surface area contributed by atoms with Crippen LogP contribution in [0.3, 0.4) is 0 Å². The van der Waals surface area contributed by atoms with Gasteiger partial charge in [-0.05, 0) is 29.8 Å². The summed E-state index contributed by atoms with van der Waals surface area (Å²) in [6, 6.07) is 14.6. The minimum atomic E-state index is -0.548. The van der Waals surface area contributed by atoms with Crippen LogP contribution in [0.2, 0.25) is 5.02 Å². The van der Waals surface area contributed by atoms with E-state index in [1.807, 2.05) is 36.4 Å². The number of hydrogen-bond donors (Lipinski definition) is 0. The highest BCUT2D eigenvalue weighted by molar-refractivity contribution is 6.30. The topological polar surface area (TPSA) is 55.8 Å².